The van der Waals surface area contributed by atoms with Gasteiger partial charge in [0.05, 0.1) is 13.2 Å². The second kappa shape index (κ2) is 9.62. The Morgan fingerprint density at radius 1 is 1.25 bits per heavy atom. The van der Waals surface area contributed by atoms with Crippen LogP contribution in [-0.2, 0) is 4.74 Å². The number of ether oxygens (including phenoxy) is 1. The van der Waals surface area contributed by atoms with Crippen LogP contribution in [0.3, 0.4) is 0 Å². The van der Waals surface area contributed by atoms with Gasteiger partial charge in [0.15, 0.2) is 5.96 Å². The maximum atomic E-state index is 5.42. The van der Waals surface area contributed by atoms with Crippen molar-refractivity contribution in [2.75, 3.05) is 45.9 Å². The summed E-state index contributed by atoms with van der Waals surface area (Å²) >= 11 is 0. The molecule has 140 valence electrons. The molecule has 0 spiro atoms. The highest BCUT2D eigenvalue weighted by molar-refractivity contribution is 5.80. The standard InChI is InChI=1S/C19H38N4O/c1-5-20-18(22-17-6-8-19(3,4)9-7-17)21-14-16(2)15-23-10-12-24-13-11-23/h16-17H,5-15H2,1-4H3,(H2,20,21,22). The summed E-state index contributed by atoms with van der Waals surface area (Å²) in [5.41, 5.74) is 0.514. The lowest BCUT2D eigenvalue weighted by atomic mass is 9.75. The van der Waals surface area contributed by atoms with Crippen molar-refractivity contribution in [3.05, 3.63) is 0 Å². The Morgan fingerprint density at radius 3 is 2.54 bits per heavy atom. The third-order valence-corrected chi connectivity index (χ3v) is 5.26. The zero-order chi connectivity index (χ0) is 17.4. The van der Waals surface area contributed by atoms with Crippen LogP contribution < -0.4 is 10.6 Å². The smallest absolute Gasteiger partial charge is 0.191 e. The van der Waals surface area contributed by atoms with Crippen LogP contribution in [0.2, 0.25) is 0 Å². The first-order valence-electron chi connectivity index (χ1n) is 9.83. The normalized spacial score (nSPS) is 24.6. The fourth-order valence-electron chi connectivity index (χ4n) is 3.59. The molecule has 1 aliphatic carbocycles. The molecular weight excluding hydrogens is 300 g/mol. The van der Waals surface area contributed by atoms with Gasteiger partial charge in [-0.2, -0.15) is 0 Å². The summed E-state index contributed by atoms with van der Waals surface area (Å²) in [6.07, 6.45) is 5.11. The van der Waals surface area contributed by atoms with Crippen LogP contribution in [0.15, 0.2) is 4.99 Å². The molecule has 2 aliphatic rings. The minimum absolute atomic E-state index is 0.514. The number of guanidine groups is 1. The predicted molar refractivity (Wildman–Crippen MR) is 102 cm³/mol. The van der Waals surface area contributed by atoms with Gasteiger partial charge >= 0.3 is 0 Å². The molecule has 1 heterocycles. The van der Waals surface area contributed by atoms with E-state index in [-0.39, 0.29) is 0 Å². The number of morpholine rings is 1. The number of hydrogen-bond acceptors (Lipinski definition) is 3. The molecule has 5 heteroatoms. The fraction of sp³-hybridized carbons (Fsp3) is 0.947. The molecule has 1 atom stereocenters. The molecule has 0 radical (unpaired) electrons. The highest BCUT2D eigenvalue weighted by Gasteiger charge is 2.27. The van der Waals surface area contributed by atoms with E-state index in [0.717, 1.165) is 51.9 Å². The first kappa shape index (κ1) is 19.5. The van der Waals surface area contributed by atoms with E-state index in [1.165, 1.54) is 25.7 Å². The maximum absolute atomic E-state index is 5.42. The van der Waals surface area contributed by atoms with Gasteiger partial charge < -0.3 is 15.4 Å². The van der Waals surface area contributed by atoms with E-state index in [2.05, 4.69) is 43.2 Å². The van der Waals surface area contributed by atoms with E-state index < -0.39 is 0 Å². The van der Waals surface area contributed by atoms with Crippen molar-refractivity contribution in [2.24, 2.45) is 16.3 Å². The lowest BCUT2D eigenvalue weighted by Gasteiger charge is -2.35. The molecule has 1 saturated carbocycles. The van der Waals surface area contributed by atoms with Gasteiger partial charge in [0.25, 0.3) is 0 Å². The molecule has 2 rings (SSSR count). The summed E-state index contributed by atoms with van der Waals surface area (Å²) < 4.78 is 5.42. The van der Waals surface area contributed by atoms with Crippen molar-refractivity contribution in [3.63, 3.8) is 0 Å². The molecule has 0 aromatic rings. The average molecular weight is 339 g/mol. The lowest BCUT2D eigenvalue weighted by molar-refractivity contribution is 0.0323. The number of aliphatic imine (C=N–C) groups is 1. The Bertz CT molecular complexity index is 381. The van der Waals surface area contributed by atoms with E-state index in [1.54, 1.807) is 0 Å². The van der Waals surface area contributed by atoms with Crippen molar-refractivity contribution in [2.45, 2.75) is 59.4 Å². The van der Waals surface area contributed by atoms with Crippen LogP contribution >= 0.6 is 0 Å². The summed E-state index contributed by atoms with van der Waals surface area (Å²) in [6.45, 7) is 16.0. The Balaban J connectivity index is 1.77. The monoisotopic (exact) mass is 338 g/mol. The molecule has 2 N–H and O–H groups in total. The summed E-state index contributed by atoms with van der Waals surface area (Å²) in [4.78, 5) is 7.34. The fourth-order valence-corrected chi connectivity index (χ4v) is 3.59. The third-order valence-electron chi connectivity index (χ3n) is 5.26. The van der Waals surface area contributed by atoms with Crippen LogP contribution in [0, 0.1) is 11.3 Å². The molecule has 0 amide bonds. The topological polar surface area (TPSA) is 48.9 Å². The molecule has 0 aromatic heterocycles. The van der Waals surface area contributed by atoms with Crippen molar-refractivity contribution >= 4 is 5.96 Å². The molecule has 1 saturated heterocycles. The van der Waals surface area contributed by atoms with Crippen molar-refractivity contribution < 1.29 is 4.74 Å². The summed E-state index contributed by atoms with van der Waals surface area (Å²) in [6, 6.07) is 0.574. The molecule has 0 aromatic carbocycles. The number of rotatable bonds is 6. The van der Waals surface area contributed by atoms with E-state index in [9.17, 15) is 0 Å². The van der Waals surface area contributed by atoms with Gasteiger partial charge in [0, 0.05) is 38.8 Å². The Hall–Kier alpha value is -0.810. The first-order valence-corrected chi connectivity index (χ1v) is 9.83. The number of nitrogens with zero attached hydrogens (tertiary/aromatic N) is 2. The second-order valence-electron chi connectivity index (χ2n) is 8.32. The molecular formula is C19H38N4O. The van der Waals surface area contributed by atoms with E-state index in [1.807, 2.05) is 0 Å². The average Bonchev–Trinajstić information content (AvgIpc) is 2.56. The molecule has 24 heavy (non-hydrogen) atoms. The van der Waals surface area contributed by atoms with Crippen LogP contribution in [0.5, 0.6) is 0 Å². The van der Waals surface area contributed by atoms with Crippen molar-refractivity contribution in [1.82, 2.24) is 15.5 Å². The van der Waals surface area contributed by atoms with Gasteiger partial charge in [-0.25, -0.2) is 0 Å². The van der Waals surface area contributed by atoms with Crippen molar-refractivity contribution in [3.8, 4) is 0 Å². The van der Waals surface area contributed by atoms with Crippen LogP contribution in [-0.4, -0.2) is 62.8 Å². The number of hydrogen-bond donors (Lipinski definition) is 2. The molecule has 1 aliphatic heterocycles. The molecule has 2 fully saturated rings. The Labute approximate surface area is 148 Å². The van der Waals surface area contributed by atoms with Crippen LogP contribution in [0.1, 0.15) is 53.4 Å². The van der Waals surface area contributed by atoms with Crippen LogP contribution in [0.25, 0.3) is 0 Å². The van der Waals surface area contributed by atoms with E-state index in [4.69, 9.17) is 9.73 Å². The summed E-state index contributed by atoms with van der Waals surface area (Å²) in [5.74, 6) is 1.57. The summed E-state index contributed by atoms with van der Waals surface area (Å²) in [5, 5.41) is 7.07. The highest BCUT2D eigenvalue weighted by atomic mass is 16.5. The zero-order valence-corrected chi connectivity index (χ0v) is 16.2. The second-order valence-corrected chi connectivity index (χ2v) is 8.32. The first-order chi connectivity index (χ1) is 11.5. The number of nitrogens with one attached hydrogen (secondary N) is 2. The van der Waals surface area contributed by atoms with Gasteiger partial charge in [-0.05, 0) is 43.9 Å². The lowest BCUT2D eigenvalue weighted by Crippen LogP contribution is -2.46. The predicted octanol–water partition coefficient (Wildman–Crippen LogP) is 2.48. The van der Waals surface area contributed by atoms with Gasteiger partial charge in [0.1, 0.15) is 0 Å². The van der Waals surface area contributed by atoms with Gasteiger partial charge in [-0.15, -0.1) is 0 Å². The van der Waals surface area contributed by atoms with Gasteiger partial charge in [-0.3, -0.25) is 9.89 Å². The Kier molecular flexibility index (Phi) is 7.82. The molecule has 5 nitrogen and oxygen atoms in total. The summed E-state index contributed by atoms with van der Waals surface area (Å²) in [7, 11) is 0. The molecule has 0 bridgehead atoms. The van der Waals surface area contributed by atoms with Crippen LogP contribution in [0.4, 0.5) is 0 Å². The SMILES string of the molecule is CCNC(=NCC(C)CN1CCOCC1)NC1CCC(C)(C)CC1. The highest BCUT2D eigenvalue weighted by Crippen LogP contribution is 2.34. The minimum atomic E-state index is 0.514. The Morgan fingerprint density at radius 2 is 1.92 bits per heavy atom. The minimum Gasteiger partial charge on any atom is -0.379 e. The third kappa shape index (κ3) is 6.98. The largest absolute Gasteiger partial charge is 0.379 e. The zero-order valence-electron chi connectivity index (χ0n) is 16.2. The van der Waals surface area contributed by atoms with Crippen molar-refractivity contribution in [1.29, 1.82) is 0 Å². The van der Waals surface area contributed by atoms with E-state index in [0.29, 0.717) is 17.4 Å². The van der Waals surface area contributed by atoms with E-state index >= 15 is 0 Å². The quantitative estimate of drug-likeness (QED) is 0.577. The van der Waals surface area contributed by atoms with Gasteiger partial charge in [-0.1, -0.05) is 20.8 Å². The van der Waals surface area contributed by atoms with Gasteiger partial charge in [0.2, 0.25) is 0 Å². The maximum Gasteiger partial charge on any atom is 0.191 e. The molecule has 1 unspecified atom stereocenters.